The molecular formula is C19H16N2O. The van der Waals surface area contributed by atoms with Gasteiger partial charge in [-0.15, -0.1) is 0 Å². The summed E-state index contributed by atoms with van der Waals surface area (Å²) in [6.07, 6.45) is 0. The van der Waals surface area contributed by atoms with E-state index < -0.39 is 0 Å². The number of nitrogens with one attached hydrogen (secondary N) is 1. The van der Waals surface area contributed by atoms with Gasteiger partial charge in [-0.3, -0.25) is 4.79 Å². The van der Waals surface area contributed by atoms with E-state index >= 15 is 0 Å². The van der Waals surface area contributed by atoms with Crippen molar-refractivity contribution in [2.24, 2.45) is 0 Å². The van der Waals surface area contributed by atoms with Crippen LogP contribution < -0.4 is 5.56 Å². The van der Waals surface area contributed by atoms with Crippen molar-refractivity contribution in [1.82, 2.24) is 9.55 Å². The molecule has 0 unspecified atom stereocenters. The Hall–Kier alpha value is -2.81. The van der Waals surface area contributed by atoms with Gasteiger partial charge in [0.05, 0.1) is 12.1 Å². The first-order valence-electron chi connectivity index (χ1n) is 7.39. The summed E-state index contributed by atoms with van der Waals surface area (Å²) in [6.45, 7) is 2.60. The van der Waals surface area contributed by atoms with Crippen LogP contribution in [0.5, 0.6) is 0 Å². The van der Waals surface area contributed by atoms with E-state index in [1.807, 2.05) is 60.0 Å². The number of nitrogens with zero attached hydrogens (tertiary/aromatic N) is 1. The van der Waals surface area contributed by atoms with Gasteiger partial charge in [-0.05, 0) is 18.6 Å². The number of hydrogen-bond acceptors (Lipinski definition) is 1. The monoisotopic (exact) mass is 288 g/mol. The molecule has 0 bridgehead atoms. The second-order valence-electron chi connectivity index (χ2n) is 5.60. The van der Waals surface area contributed by atoms with Gasteiger partial charge in [-0.2, -0.15) is 0 Å². The SMILES string of the molecule is Cc1c2[nH]c3ccccc3c2cc(=O)n1Cc1ccccc1. The molecule has 108 valence electrons. The number of aromatic nitrogens is 2. The Morgan fingerprint density at radius 3 is 2.50 bits per heavy atom. The van der Waals surface area contributed by atoms with E-state index in [0.29, 0.717) is 6.54 Å². The van der Waals surface area contributed by atoms with Crippen molar-refractivity contribution >= 4 is 21.8 Å². The lowest BCUT2D eigenvalue weighted by Crippen LogP contribution is -2.22. The van der Waals surface area contributed by atoms with E-state index in [-0.39, 0.29) is 5.56 Å². The molecule has 22 heavy (non-hydrogen) atoms. The molecule has 3 nitrogen and oxygen atoms in total. The predicted molar refractivity (Wildman–Crippen MR) is 90.3 cm³/mol. The molecule has 4 rings (SSSR count). The van der Waals surface area contributed by atoms with Crippen molar-refractivity contribution in [1.29, 1.82) is 0 Å². The number of fused-ring (bicyclic) bond motifs is 3. The zero-order valence-electron chi connectivity index (χ0n) is 12.3. The Balaban J connectivity index is 1.96. The summed E-state index contributed by atoms with van der Waals surface area (Å²) in [4.78, 5) is 16.0. The summed E-state index contributed by atoms with van der Waals surface area (Å²) < 4.78 is 1.83. The van der Waals surface area contributed by atoms with Crippen LogP contribution in [0.2, 0.25) is 0 Å². The third-order valence-corrected chi connectivity index (χ3v) is 4.23. The first-order valence-corrected chi connectivity index (χ1v) is 7.39. The highest BCUT2D eigenvalue weighted by atomic mass is 16.1. The summed E-state index contributed by atoms with van der Waals surface area (Å²) in [5, 5.41) is 2.10. The highest BCUT2D eigenvalue weighted by Gasteiger charge is 2.11. The number of benzene rings is 2. The fourth-order valence-electron chi connectivity index (χ4n) is 3.06. The summed E-state index contributed by atoms with van der Waals surface area (Å²) in [6, 6.07) is 19.9. The Morgan fingerprint density at radius 1 is 0.955 bits per heavy atom. The van der Waals surface area contributed by atoms with Crippen LogP contribution >= 0.6 is 0 Å². The maximum atomic E-state index is 12.5. The lowest BCUT2D eigenvalue weighted by Gasteiger charge is -2.10. The predicted octanol–water partition coefficient (Wildman–Crippen LogP) is 3.84. The molecule has 2 aromatic heterocycles. The first-order chi connectivity index (χ1) is 10.7. The van der Waals surface area contributed by atoms with Gasteiger partial charge in [0.2, 0.25) is 0 Å². The molecule has 1 N–H and O–H groups in total. The van der Waals surface area contributed by atoms with Crippen LogP contribution in [0, 0.1) is 6.92 Å². The van der Waals surface area contributed by atoms with E-state index in [4.69, 9.17) is 0 Å². The fraction of sp³-hybridized carbons (Fsp3) is 0.105. The van der Waals surface area contributed by atoms with Gasteiger partial charge < -0.3 is 9.55 Å². The van der Waals surface area contributed by atoms with Crippen LogP contribution in [0.3, 0.4) is 0 Å². The molecule has 0 spiro atoms. The minimum Gasteiger partial charge on any atom is -0.353 e. The molecule has 2 heterocycles. The Morgan fingerprint density at radius 2 is 1.68 bits per heavy atom. The molecule has 0 aliphatic rings. The zero-order chi connectivity index (χ0) is 15.1. The molecule has 3 heteroatoms. The second kappa shape index (κ2) is 4.88. The van der Waals surface area contributed by atoms with E-state index in [0.717, 1.165) is 33.1 Å². The molecule has 0 radical (unpaired) electrons. The van der Waals surface area contributed by atoms with Gasteiger partial charge in [0.15, 0.2) is 0 Å². The Bertz CT molecular complexity index is 1030. The standard InChI is InChI=1S/C19H16N2O/c1-13-19-16(15-9-5-6-10-17(15)20-19)11-18(22)21(13)12-14-7-3-2-4-8-14/h2-11,20H,12H2,1H3. The van der Waals surface area contributed by atoms with Gasteiger partial charge in [-0.1, -0.05) is 48.5 Å². The number of aryl methyl sites for hydroxylation is 1. The highest BCUT2D eigenvalue weighted by Crippen LogP contribution is 2.26. The molecule has 0 aliphatic carbocycles. The van der Waals surface area contributed by atoms with Crippen LogP contribution in [0.4, 0.5) is 0 Å². The molecule has 0 saturated carbocycles. The zero-order valence-corrected chi connectivity index (χ0v) is 12.3. The van der Waals surface area contributed by atoms with Crippen molar-refractivity contribution in [3.63, 3.8) is 0 Å². The number of hydrogen-bond donors (Lipinski definition) is 1. The summed E-state index contributed by atoms with van der Waals surface area (Å²) >= 11 is 0. The fourth-order valence-corrected chi connectivity index (χ4v) is 3.06. The van der Waals surface area contributed by atoms with Crippen molar-refractivity contribution in [3.8, 4) is 0 Å². The van der Waals surface area contributed by atoms with Crippen LogP contribution in [-0.4, -0.2) is 9.55 Å². The highest BCUT2D eigenvalue weighted by molar-refractivity contribution is 6.07. The van der Waals surface area contributed by atoms with Crippen molar-refractivity contribution in [2.45, 2.75) is 13.5 Å². The number of H-pyrrole nitrogens is 1. The van der Waals surface area contributed by atoms with E-state index in [9.17, 15) is 4.79 Å². The van der Waals surface area contributed by atoms with Gasteiger partial charge in [0, 0.05) is 28.0 Å². The summed E-state index contributed by atoms with van der Waals surface area (Å²) in [5.41, 5.74) is 4.25. The third kappa shape index (κ3) is 1.94. The van der Waals surface area contributed by atoms with Crippen LogP contribution in [0.25, 0.3) is 21.8 Å². The van der Waals surface area contributed by atoms with E-state index in [2.05, 4.69) is 11.1 Å². The molecule has 0 aliphatic heterocycles. The van der Waals surface area contributed by atoms with Crippen LogP contribution in [0.1, 0.15) is 11.3 Å². The number of aromatic amines is 1. The lowest BCUT2D eigenvalue weighted by molar-refractivity contribution is 0.737. The Kier molecular flexibility index (Phi) is 2.86. The maximum Gasteiger partial charge on any atom is 0.251 e. The molecule has 0 saturated heterocycles. The average Bonchev–Trinajstić information content (AvgIpc) is 2.91. The molecular weight excluding hydrogens is 272 g/mol. The molecule has 2 aromatic carbocycles. The molecule has 0 fully saturated rings. The average molecular weight is 288 g/mol. The van der Waals surface area contributed by atoms with E-state index in [1.165, 1.54) is 0 Å². The Labute approximate surface area is 127 Å². The summed E-state index contributed by atoms with van der Waals surface area (Å²) in [7, 11) is 0. The smallest absolute Gasteiger partial charge is 0.251 e. The minimum atomic E-state index is 0.0404. The van der Waals surface area contributed by atoms with Gasteiger partial charge >= 0.3 is 0 Å². The van der Waals surface area contributed by atoms with Crippen molar-refractivity contribution in [2.75, 3.05) is 0 Å². The van der Waals surface area contributed by atoms with Gasteiger partial charge in [0.25, 0.3) is 5.56 Å². The van der Waals surface area contributed by atoms with Crippen LogP contribution in [-0.2, 0) is 6.54 Å². The van der Waals surface area contributed by atoms with Crippen molar-refractivity contribution in [3.05, 3.63) is 82.3 Å². The number of pyridine rings is 1. The second-order valence-corrected chi connectivity index (χ2v) is 5.60. The quantitative estimate of drug-likeness (QED) is 0.598. The van der Waals surface area contributed by atoms with E-state index in [1.54, 1.807) is 6.07 Å². The first kappa shape index (κ1) is 12.9. The number of rotatable bonds is 2. The van der Waals surface area contributed by atoms with Crippen molar-refractivity contribution < 1.29 is 0 Å². The summed E-state index contributed by atoms with van der Waals surface area (Å²) in [5.74, 6) is 0. The van der Waals surface area contributed by atoms with Gasteiger partial charge in [-0.25, -0.2) is 0 Å². The van der Waals surface area contributed by atoms with Crippen LogP contribution in [0.15, 0.2) is 65.5 Å². The number of para-hydroxylation sites is 1. The normalized spacial score (nSPS) is 11.3. The third-order valence-electron chi connectivity index (χ3n) is 4.23. The molecule has 0 atom stereocenters. The maximum absolute atomic E-state index is 12.5. The molecule has 0 amide bonds. The molecule has 4 aromatic rings. The van der Waals surface area contributed by atoms with Gasteiger partial charge in [0.1, 0.15) is 0 Å². The topological polar surface area (TPSA) is 37.8 Å². The largest absolute Gasteiger partial charge is 0.353 e. The lowest BCUT2D eigenvalue weighted by atomic mass is 10.1. The minimum absolute atomic E-state index is 0.0404.